The van der Waals surface area contributed by atoms with E-state index in [2.05, 4.69) is 0 Å². The first-order chi connectivity index (χ1) is 7.51. The normalized spacial score (nSPS) is 34.4. The topological polar surface area (TPSA) is 60.9 Å². The summed E-state index contributed by atoms with van der Waals surface area (Å²) in [6.45, 7) is 1.10. The van der Waals surface area contributed by atoms with Crippen LogP contribution in [0.2, 0.25) is 0 Å². The first-order valence-corrected chi connectivity index (χ1v) is 5.78. The minimum Gasteiger partial charge on any atom is -0.387 e. The average molecular weight is 224 g/mol. The van der Waals surface area contributed by atoms with Crippen molar-refractivity contribution >= 4 is 11.8 Å². The molecule has 2 aliphatic heterocycles. The number of amides is 2. The molecular weight excluding hydrogens is 208 g/mol. The Kier molecular flexibility index (Phi) is 1.95. The molecule has 5 heteroatoms. The van der Waals surface area contributed by atoms with E-state index < -0.39 is 5.60 Å². The van der Waals surface area contributed by atoms with Crippen LogP contribution in [-0.4, -0.2) is 58.5 Å². The number of nitrogens with zero attached hydrogens (tertiary/aromatic N) is 2. The summed E-state index contributed by atoms with van der Waals surface area (Å²) < 4.78 is 0. The zero-order valence-corrected chi connectivity index (χ0v) is 9.35. The number of carbonyl (C=O) groups excluding carboxylic acids is 2. The maximum atomic E-state index is 11.7. The summed E-state index contributed by atoms with van der Waals surface area (Å²) in [7, 11) is 1.53. The lowest BCUT2D eigenvalue weighted by Crippen LogP contribution is -2.66. The number of rotatable bonds is 2. The minimum atomic E-state index is -0.579. The second-order valence-corrected chi connectivity index (χ2v) is 5.29. The van der Waals surface area contributed by atoms with Crippen LogP contribution in [0.3, 0.4) is 0 Å². The summed E-state index contributed by atoms with van der Waals surface area (Å²) in [5.41, 5.74) is -0.579. The molecule has 0 radical (unpaired) electrons. The van der Waals surface area contributed by atoms with Crippen LogP contribution in [0.15, 0.2) is 0 Å². The molecule has 0 aromatic carbocycles. The third-order valence-electron chi connectivity index (χ3n) is 4.09. The lowest BCUT2D eigenvalue weighted by atomic mass is 9.87. The molecule has 3 aliphatic rings. The molecule has 0 spiro atoms. The van der Waals surface area contributed by atoms with Crippen molar-refractivity contribution in [3.05, 3.63) is 0 Å². The molecule has 1 aliphatic carbocycles. The minimum absolute atomic E-state index is 0.114. The number of β-amino-alcohol motifs (C(OH)–C–C–N with tert-alkyl or cyclic N) is 1. The van der Waals surface area contributed by atoms with E-state index >= 15 is 0 Å². The fraction of sp³-hybridized carbons (Fsp3) is 0.818. The van der Waals surface area contributed by atoms with Gasteiger partial charge in [-0.05, 0) is 18.8 Å². The van der Waals surface area contributed by atoms with Gasteiger partial charge < -0.3 is 5.11 Å². The van der Waals surface area contributed by atoms with E-state index in [0.29, 0.717) is 19.0 Å². The van der Waals surface area contributed by atoms with Crippen molar-refractivity contribution in [1.82, 2.24) is 9.80 Å². The van der Waals surface area contributed by atoms with Crippen LogP contribution in [0.1, 0.15) is 19.3 Å². The summed E-state index contributed by atoms with van der Waals surface area (Å²) >= 11 is 0. The molecule has 0 bridgehead atoms. The monoisotopic (exact) mass is 224 g/mol. The molecule has 2 heterocycles. The van der Waals surface area contributed by atoms with E-state index in [4.69, 9.17) is 0 Å². The van der Waals surface area contributed by atoms with Crippen LogP contribution < -0.4 is 0 Å². The molecule has 5 nitrogen and oxygen atoms in total. The Bertz CT molecular complexity index is 358. The second kappa shape index (κ2) is 3.05. The van der Waals surface area contributed by atoms with Gasteiger partial charge in [-0.15, -0.1) is 0 Å². The molecular formula is C11H16N2O3. The lowest BCUT2D eigenvalue weighted by Gasteiger charge is -2.49. The van der Waals surface area contributed by atoms with E-state index in [1.165, 1.54) is 11.9 Å². The summed E-state index contributed by atoms with van der Waals surface area (Å²) in [5.74, 6) is 0.188. The number of likely N-dealkylation sites (N-methyl/N-ethyl adjacent to an activating group) is 1. The highest BCUT2D eigenvalue weighted by Crippen LogP contribution is 2.45. The molecule has 0 aromatic rings. The van der Waals surface area contributed by atoms with Gasteiger partial charge in [0.15, 0.2) is 0 Å². The van der Waals surface area contributed by atoms with Crippen molar-refractivity contribution in [2.75, 3.05) is 20.1 Å². The van der Waals surface area contributed by atoms with Gasteiger partial charge in [0.25, 0.3) is 0 Å². The van der Waals surface area contributed by atoms with Crippen LogP contribution in [-0.2, 0) is 9.59 Å². The maximum Gasteiger partial charge on any atom is 0.246 e. The van der Waals surface area contributed by atoms with Gasteiger partial charge in [0.2, 0.25) is 11.8 Å². The summed E-state index contributed by atoms with van der Waals surface area (Å²) in [6.07, 6.45) is 2.47. The zero-order chi connectivity index (χ0) is 11.5. The van der Waals surface area contributed by atoms with E-state index in [1.807, 2.05) is 4.90 Å². The van der Waals surface area contributed by atoms with Crippen molar-refractivity contribution in [3.63, 3.8) is 0 Å². The second-order valence-electron chi connectivity index (χ2n) is 5.29. The van der Waals surface area contributed by atoms with Crippen LogP contribution in [0.25, 0.3) is 0 Å². The number of hydrogen-bond acceptors (Lipinski definition) is 4. The van der Waals surface area contributed by atoms with Gasteiger partial charge in [-0.1, -0.05) is 0 Å². The highest BCUT2D eigenvalue weighted by molar-refractivity contribution is 6.05. The summed E-state index contributed by atoms with van der Waals surface area (Å²) in [4.78, 5) is 26.2. The predicted molar refractivity (Wildman–Crippen MR) is 55.4 cm³/mol. The Labute approximate surface area is 94.0 Å². The van der Waals surface area contributed by atoms with Gasteiger partial charge in [0.1, 0.15) is 0 Å². The average Bonchev–Trinajstić information content (AvgIpc) is 2.99. The molecule has 1 N–H and O–H groups in total. The molecule has 0 aromatic heterocycles. The zero-order valence-electron chi connectivity index (χ0n) is 9.35. The van der Waals surface area contributed by atoms with Crippen molar-refractivity contribution < 1.29 is 14.7 Å². The number of carbonyl (C=O) groups is 2. The van der Waals surface area contributed by atoms with E-state index in [-0.39, 0.29) is 24.3 Å². The van der Waals surface area contributed by atoms with Gasteiger partial charge in [0.05, 0.1) is 18.1 Å². The third-order valence-corrected chi connectivity index (χ3v) is 4.09. The van der Waals surface area contributed by atoms with Crippen molar-refractivity contribution in [2.24, 2.45) is 5.92 Å². The van der Waals surface area contributed by atoms with Gasteiger partial charge >= 0.3 is 0 Å². The third kappa shape index (κ3) is 1.31. The first kappa shape index (κ1) is 10.2. The van der Waals surface area contributed by atoms with Crippen molar-refractivity contribution in [1.29, 1.82) is 0 Å². The lowest BCUT2D eigenvalue weighted by molar-refractivity contribution is -0.149. The van der Waals surface area contributed by atoms with Crippen LogP contribution in [0, 0.1) is 5.92 Å². The Balaban J connectivity index is 1.64. The fourth-order valence-corrected chi connectivity index (χ4v) is 2.78. The summed E-state index contributed by atoms with van der Waals surface area (Å²) in [5, 5.41) is 10.1. The van der Waals surface area contributed by atoms with E-state index in [9.17, 15) is 14.7 Å². The Hall–Kier alpha value is -0.940. The largest absolute Gasteiger partial charge is 0.387 e. The quantitative estimate of drug-likeness (QED) is 0.624. The van der Waals surface area contributed by atoms with Crippen molar-refractivity contribution in [3.8, 4) is 0 Å². The van der Waals surface area contributed by atoms with Gasteiger partial charge in [-0.3, -0.25) is 19.4 Å². The molecule has 1 atom stereocenters. The van der Waals surface area contributed by atoms with Crippen LogP contribution >= 0.6 is 0 Å². The van der Waals surface area contributed by atoms with Crippen LogP contribution in [0.4, 0.5) is 0 Å². The number of likely N-dealkylation sites (tertiary alicyclic amines) is 2. The molecule has 3 rings (SSSR count). The molecule has 2 saturated heterocycles. The number of imide groups is 1. The molecule has 88 valence electrons. The smallest absolute Gasteiger partial charge is 0.246 e. The number of hydrogen-bond donors (Lipinski definition) is 1. The molecule has 3 fully saturated rings. The SMILES string of the molecule is CN1C(=O)CC(N2CC(O)(C3CC3)C2)C1=O. The summed E-state index contributed by atoms with van der Waals surface area (Å²) in [6, 6.07) is -0.323. The van der Waals surface area contributed by atoms with E-state index in [1.54, 1.807) is 0 Å². The molecule has 16 heavy (non-hydrogen) atoms. The Morgan fingerprint density at radius 2 is 1.94 bits per heavy atom. The van der Waals surface area contributed by atoms with Gasteiger partial charge in [0, 0.05) is 20.1 Å². The van der Waals surface area contributed by atoms with Gasteiger partial charge in [-0.25, -0.2) is 0 Å². The maximum absolute atomic E-state index is 11.7. The molecule has 2 amide bonds. The Morgan fingerprint density at radius 3 is 2.38 bits per heavy atom. The predicted octanol–water partition coefficient (Wildman–Crippen LogP) is -0.800. The standard InChI is InChI=1S/C11H16N2O3/c1-12-9(14)4-8(10(12)15)13-5-11(16,6-13)7-2-3-7/h7-8,16H,2-6H2,1H3. The van der Waals surface area contributed by atoms with Gasteiger partial charge in [-0.2, -0.15) is 0 Å². The fourth-order valence-electron chi connectivity index (χ4n) is 2.78. The number of aliphatic hydroxyl groups is 1. The Morgan fingerprint density at radius 1 is 1.31 bits per heavy atom. The first-order valence-electron chi connectivity index (χ1n) is 5.78. The van der Waals surface area contributed by atoms with E-state index in [0.717, 1.165) is 12.8 Å². The highest BCUT2D eigenvalue weighted by atomic mass is 16.3. The molecule has 1 unspecified atom stereocenters. The van der Waals surface area contributed by atoms with Crippen LogP contribution in [0.5, 0.6) is 0 Å². The van der Waals surface area contributed by atoms with Crippen molar-refractivity contribution in [2.45, 2.75) is 30.9 Å². The molecule has 1 saturated carbocycles. The highest BCUT2D eigenvalue weighted by Gasteiger charge is 2.56.